The number of ether oxygens (including phenoxy) is 1. The maximum atomic E-state index is 13.8. The highest BCUT2D eigenvalue weighted by Crippen LogP contribution is 2.37. The minimum absolute atomic E-state index is 0.101. The van der Waals surface area contributed by atoms with Crippen LogP contribution in [0.25, 0.3) is 0 Å². The first-order chi connectivity index (χ1) is 16.5. The fourth-order valence-corrected chi connectivity index (χ4v) is 5.34. The number of hydrogen-bond donors (Lipinski definition) is 0. The minimum atomic E-state index is -0.319. The van der Waals surface area contributed by atoms with E-state index in [0.717, 1.165) is 17.7 Å². The van der Waals surface area contributed by atoms with E-state index >= 15 is 0 Å². The van der Waals surface area contributed by atoms with Crippen LogP contribution in [-0.2, 0) is 17.8 Å². The van der Waals surface area contributed by atoms with Gasteiger partial charge in [-0.2, -0.15) is 0 Å². The Morgan fingerprint density at radius 1 is 0.912 bits per heavy atom. The van der Waals surface area contributed by atoms with Crippen molar-refractivity contribution >= 4 is 23.4 Å². The van der Waals surface area contributed by atoms with Crippen LogP contribution in [-0.4, -0.2) is 48.4 Å². The van der Waals surface area contributed by atoms with Crippen molar-refractivity contribution in [2.75, 3.05) is 26.7 Å². The van der Waals surface area contributed by atoms with Crippen molar-refractivity contribution in [3.05, 3.63) is 100 Å². The predicted molar refractivity (Wildman–Crippen MR) is 132 cm³/mol. The Hall–Kier alpha value is -3.31. The van der Waals surface area contributed by atoms with Gasteiger partial charge in [0.25, 0.3) is 5.91 Å². The number of amides is 2. The van der Waals surface area contributed by atoms with Gasteiger partial charge in [0.1, 0.15) is 5.75 Å². The molecule has 1 saturated heterocycles. The fraction of sp³-hybridized carbons (Fsp3) is 0.286. The average molecular weight is 475 g/mol. The van der Waals surface area contributed by atoms with Crippen molar-refractivity contribution in [2.45, 2.75) is 18.9 Å². The number of methoxy groups -OCH3 is 1. The largest absolute Gasteiger partial charge is 0.497 e. The number of benzene rings is 3. The molecule has 0 spiro atoms. The van der Waals surface area contributed by atoms with Crippen molar-refractivity contribution < 1.29 is 14.3 Å². The molecule has 0 radical (unpaired) electrons. The molecule has 5 nitrogen and oxygen atoms in total. The Labute approximate surface area is 204 Å². The Morgan fingerprint density at radius 2 is 1.71 bits per heavy atom. The number of rotatable bonds is 4. The molecule has 1 fully saturated rings. The molecule has 2 amide bonds. The third-order valence-electron chi connectivity index (χ3n) is 6.96. The van der Waals surface area contributed by atoms with Gasteiger partial charge in [-0.05, 0) is 53.4 Å². The summed E-state index contributed by atoms with van der Waals surface area (Å²) in [6.07, 6.45) is 0.851. The van der Waals surface area contributed by atoms with Gasteiger partial charge in [0, 0.05) is 42.7 Å². The SMILES string of the molecule is COc1cccc(C2CN(C(=O)c3cccc(Cl)c3)CC2C(=O)N2CCc3ccccc3C2)c1. The Balaban J connectivity index is 1.44. The molecule has 2 heterocycles. The van der Waals surface area contributed by atoms with Crippen LogP contribution in [0.2, 0.25) is 5.02 Å². The van der Waals surface area contributed by atoms with E-state index in [-0.39, 0.29) is 23.7 Å². The summed E-state index contributed by atoms with van der Waals surface area (Å²) in [5.74, 6) is 0.317. The van der Waals surface area contributed by atoms with Gasteiger partial charge in [-0.1, -0.05) is 54.1 Å². The minimum Gasteiger partial charge on any atom is -0.497 e. The van der Waals surface area contributed by atoms with Gasteiger partial charge in [-0.25, -0.2) is 0 Å². The molecule has 0 saturated carbocycles. The quantitative estimate of drug-likeness (QED) is 0.546. The van der Waals surface area contributed by atoms with Gasteiger partial charge in [-0.3, -0.25) is 9.59 Å². The normalized spacial score (nSPS) is 19.6. The number of likely N-dealkylation sites (tertiary alicyclic amines) is 1. The molecule has 2 atom stereocenters. The number of carbonyl (C=O) groups is 2. The van der Waals surface area contributed by atoms with Gasteiger partial charge in [0.15, 0.2) is 0 Å². The van der Waals surface area contributed by atoms with Crippen LogP contribution in [0.5, 0.6) is 5.75 Å². The molecule has 2 aliphatic rings. The van der Waals surface area contributed by atoms with E-state index in [9.17, 15) is 9.59 Å². The van der Waals surface area contributed by atoms with E-state index in [1.807, 2.05) is 41.3 Å². The van der Waals surface area contributed by atoms with Crippen LogP contribution in [0, 0.1) is 5.92 Å². The maximum Gasteiger partial charge on any atom is 0.253 e. The van der Waals surface area contributed by atoms with Crippen molar-refractivity contribution in [3.63, 3.8) is 0 Å². The first-order valence-electron chi connectivity index (χ1n) is 11.6. The van der Waals surface area contributed by atoms with E-state index < -0.39 is 0 Å². The summed E-state index contributed by atoms with van der Waals surface area (Å²) >= 11 is 6.13. The molecule has 2 unspecified atom stereocenters. The van der Waals surface area contributed by atoms with Crippen LogP contribution < -0.4 is 4.74 Å². The highest BCUT2D eigenvalue weighted by Gasteiger charge is 2.42. The van der Waals surface area contributed by atoms with E-state index in [1.165, 1.54) is 11.1 Å². The third-order valence-corrected chi connectivity index (χ3v) is 7.20. The molecule has 34 heavy (non-hydrogen) atoms. The number of hydrogen-bond acceptors (Lipinski definition) is 3. The summed E-state index contributed by atoms with van der Waals surface area (Å²) < 4.78 is 5.43. The summed E-state index contributed by atoms with van der Waals surface area (Å²) in [4.78, 5) is 30.9. The lowest BCUT2D eigenvalue weighted by Gasteiger charge is -2.32. The van der Waals surface area contributed by atoms with Gasteiger partial charge < -0.3 is 14.5 Å². The molecule has 2 aliphatic heterocycles. The summed E-state index contributed by atoms with van der Waals surface area (Å²) in [6.45, 7) is 2.15. The molecule has 3 aromatic carbocycles. The molecular formula is C28H27ClN2O3. The zero-order chi connectivity index (χ0) is 23.7. The van der Waals surface area contributed by atoms with E-state index in [1.54, 1.807) is 36.3 Å². The summed E-state index contributed by atoms with van der Waals surface area (Å²) in [6, 6.07) is 23.1. The molecule has 174 valence electrons. The van der Waals surface area contributed by atoms with Crippen molar-refractivity contribution in [3.8, 4) is 5.75 Å². The molecule has 0 bridgehead atoms. The second-order valence-electron chi connectivity index (χ2n) is 8.99. The van der Waals surface area contributed by atoms with Gasteiger partial charge in [-0.15, -0.1) is 0 Å². The van der Waals surface area contributed by atoms with E-state index in [4.69, 9.17) is 16.3 Å². The molecule has 5 rings (SSSR count). The van der Waals surface area contributed by atoms with Crippen molar-refractivity contribution in [1.29, 1.82) is 0 Å². The zero-order valence-corrected chi connectivity index (χ0v) is 19.9. The molecule has 6 heteroatoms. The predicted octanol–water partition coefficient (Wildman–Crippen LogP) is 4.79. The zero-order valence-electron chi connectivity index (χ0n) is 19.1. The van der Waals surface area contributed by atoms with Crippen LogP contribution >= 0.6 is 11.6 Å². The highest BCUT2D eigenvalue weighted by molar-refractivity contribution is 6.30. The van der Waals surface area contributed by atoms with Gasteiger partial charge >= 0.3 is 0 Å². The number of nitrogens with zero attached hydrogens (tertiary/aromatic N) is 2. The van der Waals surface area contributed by atoms with Crippen LogP contribution in [0.1, 0.15) is 33.0 Å². The summed E-state index contributed by atoms with van der Waals surface area (Å²) in [5.41, 5.74) is 4.05. The highest BCUT2D eigenvalue weighted by atomic mass is 35.5. The average Bonchev–Trinajstić information content (AvgIpc) is 3.33. The van der Waals surface area contributed by atoms with Crippen LogP contribution in [0.3, 0.4) is 0 Å². The first kappa shape index (κ1) is 22.5. The van der Waals surface area contributed by atoms with Crippen LogP contribution in [0.4, 0.5) is 0 Å². The van der Waals surface area contributed by atoms with Gasteiger partial charge in [0.05, 0.1) is 13.0 Å². The number of fused-ring (bicyclic) bond motifs is 1. The molecule has 0 aliphatic carbocycles. The van der Waals surface area contributed by atoms with Crippen LogP contribution in [0.15, 0.2) is 72.8 Å². The standard InChI is InChI=1S/C28H27ClN2O3/c1-34-24-11-5-8-20(15-24)25-17-31(27(32)21-9-4-10-23(29)14-21)18-26(25)28(33)30-13-12-19-6-2-3-7-22(19)16-30/h2-11,14-15,25-26H,12-13,16-18H2,1H3. The Morgan fingerprint density at radius 3 is 2.50 bits per heavy atom. The number of carbonyl (C=O) groups excluding carboxylic acids is 2. The maximum absolute atomic E-state index is 13.8. The third kappa shape index (κ3) is 4.40. The second kappa shape index (κ2) is 9.51. The molecular weight excluding hydrogens is 448 g/mol. The van der Waals surface area contributed by atoms with Crippen molar-refractivity contribution in [1.82, 2.24) is 9.80 Å². The smallest absolute Gasteiger partial charge is 0.253 e. The lowest BCUT2D eigenvalue weighted by molar-refractivity contribution is -0.136. The summed E-state index contributed by atoms with van der Waals surface area (Å²) in [5, 5.41) is 0.522. The monoisotopic (exact) mass is 474 g/mol. The lowest BCUT2D eigenvalue weighted by Crippen LogP contribution is -2.42. The Bertz CT molecular complexity index is 1230. The lowest BCUT2D eigenvalue weighted by atomic mass is 9.87. The van der Waals surface area contributed by atoms with Gasteiger partial charge in [0.2, 0.25) is 5.91 Å². The molecule has 3 aromatic rings. The van der Waals surface area contributed by atoms with E-state index in [2.05, 4.69) is 12.1 Å². The molecule has 0 N–H and O–H groups in total. The number of halogens is 1. The molecule has 0 aromatic heterocycles. The van der Waals surface area contributed by atoms with Crippen molar-refractivity contribution in [2.24, 2.45) is 5.92 Å². The Kier molecular flexibility index (Phi) is 6.29. The topological polar surface area (TPSA) is 49.9 Å². The summed E-state index contributed by atoms with van der Waals surface area (Å²) in [7, 11) is 1.64. The fourth-order valence-electron chi connectivity index (χ4n) is 5.15. The first-order valence-corrected chi connectivity index (χ1v) is 12.0. The van der Waals surface area contributed by atoms with E-state index in [0.29, 0.717) is 36.8 Å². The second-order valence-corrected chi connectivity index (χ2v) is 9.43.